The quantitative estimate of drug-likeness (QED) is 0.780. The van der Waals surface area contributed by atoms with E-state index in [-0.39, 0.29) is 11.8 Å². The zero-order valence-corrected chi connectivity index (χ0v) is 11.5. The normalized spacial score (nSPS) is 16.9. The zero-order valence-electron chi connectivity index (χ0n) is 10.7. The molecule has 3 nitrogen and oxygen atoms in total. The highest BCUT2D eigenvalue weighted by Crippen LogP contribution is 2.12. The molecule has 2 rings (SSSR count). The van der Waals surface area contributed by atoms with Crippen LogP contribution in [0, 0.1) is 6.92 Å². The molecule has 1 saturated heterocycles. The summed E-state index contributed by atoms with van der Waals surface area (Å²) in [7, 11) is 0. The molecule has 0 saturated carbocycles. The minimum atomic E-state index is 0.0483. The fraction of sp³-hybridized carbons (Fsp3) is 0.500. The van der Waals surface area contributed by atoms with E-state index in [0.717, 1.165) is 32.7 Å². The topological polar surface area (TPSA) is 23.6 Å². The Morgan fingerprint density at radius 2 is 1.89 bits per heavy atom. The Balaban J connectivity index is 1.87. The van der Waals surface area contributed by atoms with Gasteiger partial charge in [-0.25, -0.2) is 0 Å². The lowest BCUT2D eigenvalue weighted by Crippen LogP contribution is -2.48. The van der Waals surface area contributed by atoms with Crippen molar-refractivity contribution in [2.75, 3.05) is 32.1 Å². The van der Waals surface area contributed by atoms with E-state index in [2.05, 4.69) is 36.1 Å². The molecule has 0 unspecified atom stereocenters. The third-order valence-electron chi connectivity index (χ3n) is 3.49. The molecule has 18 heavy (non-hydrogen) atoms. The average Bonchev–Trinajstić information content (AvgIpc) is 2.41. The van der Waals surface area contributed by atoms with Gasteiger partial charge in [0.25, 0.3) is 0 Å². The predicted molar refractivity (Wildman–Crippen MR) is 73.8 cm³/mol. The second kappa shape index (κ2) is 6.21. The monoisotopic (exact) mass is 266 g/mol. The standard InChI is InChI=1S/C14H19ClN2O/c1-12-4-2-3-5-13(12)11-16-6-8-17(9-7-16)14(18)10-15/h2-5H,6-11H2,1H3. The molecule has 4 heteroatoms. The lowest BCUT2D eigenvalue weighted by atomic mass is 10.1. The third kappa shape index (κ3) is 3.24. The van der Waals surface area contributed by atoms with Crippen molar-refractivity contribution in [3.05, 3.63) is 35.4 Å². The van der Waals surface area contributed by atoms with Gasteiger partial charge in [0.2, 0.25) is 5.91 Å². The molecule has 0 radical (unpaired) electrons. The number of benzene rings is 1. The van der Waals surface area contributed by atoms with E-state index >= 15 is 0 Å². The molecule has 1 amide bonds. The molecular weight excluding hydrogens is 248 g/mol. The molecule has 0 aliphatic carbocycles. The molecule has 0 atom stereocenters. The summed E-state index contributed by atoms with van der Waals surface area (Å²) in [6.07, 6.45) is 0. The molecular formula is C14H19ClN2O. The fourth-order valence-corrected chi connectivity index (χ4v) is 2.44. The first kappa shape index (κ1) is 13.4. The number of hydrogen-bond acceptors (Lipinski definition) is 2. The van der Waals surface area contributed by atoms with Crippen LogP contribution >= 0.6 is 11.6 Å². The Hall–Kier alpha value is -1.06. The first-order chi connectivity index (χ1) is 8.70. The van der Waals surface area contributed by atoms with Gasteiger partial charge in [0.15, 0.2) is 0 Å². The second-order valence-corrected chi connectivity index (χ2v) is 4.98. The SMILES string of the molecule is Cc1ccccc1CN1CCN(C(=O)CCl)CC1. The summed E-state index contributed by atoms with van der Waals surface area (Å²) in [4.78, 5) is 15.7. The summed E-state index contributed by atoms with van der Waals surface area (Å²) in [5, 5.41) is 0. The molecule has 0 spiro atoms. The Kier molecular flexibility index (Phi) is 4.61. The van der Waals surface area contributed by atoms with Crippen molar-refractivity contribution in [3.63, 3.8) is 0 Å². The van der Waals surface area contributed by atoms with Gasteiger partial charge >= 0.3 is 0 Å². The van der Waals surface area contributed by atoms with Gasteiger partial charge in [-0.15, -0.1) is 11.6 Å². The molecule has 1 aliphatic heterocycles. The Labute approximate surface area is 113 Å². The fourth-order valence-electron chi connectivity index (χ4n) is 2.27. The van der Waals surface area contributed by atoms with E-state index in [0.29, 0.717) is 0 Å². The number of carbonyl (C=O) groups is 1. The van der Waals surface area contributed by atoms with Crippen molar-refractivity contribution in [2.45, 2.75) is 13.5 Å². The first-order valence-electron chi connectivity index (χ1n) is 6.31. The van der Waals surface area contributed by atoms with Crippen molar-refractivity contribution in [2.24, 2.45) is 0 Å². The summed E-state index contributed by atoms with van der Waals surface area (Å²) in [6.45, 7) is 6.54. The van der Waals surface area contributed by atoms with Crippen molar-refractivity contribution in [1.82, 2.24) is 9.80 Å². The lowest BCUT2D eigenvalue weighted by molar-refractivity contribution is -0.130. The number of amides is 1. The van der Waals surface area contributed by atoms with Crippen LogP contribution in [-0.2, 0) is 11.3 Å². The van der Waals surface area contributed by atoms with Gasteiger partial charge in [-0.05, 0) is 18.1 Å². The summed E-state index contributed by atoms with van der Waals surface area (Å²) in [5.41, 5.74) is 2.70. The van der Waals surface area contributed by atoms with Gasteiger partial charge < -0.3 is 4.90 Å². The number of rotatable bonds is 3. The molecule has 1 aliphatic rings. The minimum absolute atomic E-state index is 0.0483. The maximum atomic E-state index is 11.5. The highest BCUT2D eigenvalue weighted by atomic mass is 35.5. The number of nitrogens with zero attached hydrogens (tertiary/aromatic N) is 2. The second-order valence-electron chi connectivity index (χ2n) is 4.72. The first-order valence-corrected chi connectivity index (χ1v) is 6.85. The number of halogens is 1. The van der Waals surface area contributed by atoms with Gasteiger partial charge in [0.1, 0.15) is 5.88 Å². The van der Waals surface area contributed by atoms with Crippen molar-refractivity contribution < 1.29 is 4.79 Å². The van der Waals surface area contributed by atoms with Gasteiger partial charge in [-0.1, -0.05) is 24.3 Å². The lowest BCUT2D eigenvalue weighted by Gasteiger charge is -2.34. The number of piperazine rings is 1. The van der Waals surface area contributed by atoms with E-state index in [1.54, 1.807) is 0 Å². The summed E-state index contributed by atoms with van der Waals surface area (Å²) in [5.74, 6) is 0.143. The maximum Gasteiger partial charge on any atom is 0.237 e. The van der Waals surface area contributed by atoms with E-state index in [4.69, 9.17) is 11.6 Å². The number of alkyl halides is 1. The van der Waals surface area contributed by atoms with Crippen LogP contribution < -0.4 is 0 Å². The van der Waals surface area contributed by atoms with Gasteiger partial charge in [-0.2, -0.15) is 0 Å². The predicted octanol–water partition coefficient (Wildman–Crippen LogP) is 1.88. The Bertz CT molecular complexity index is 414. The average molecular weight is 267 g/mol. The molecule has 1 aromatic carbocycles. The number of hydrogen-bond donors (Lipinski definition) is 0. The Morgan fingerprint density at radius 3 is 2.50 bits per heavy atom. The molecule has 1 aromatic rings. The van der Waals surface area contributed by atoms with Crippen LogP contribution in [0.3, 0.4) is 0 Å². The highest BCUT2D eigenvalue weighted by Gasteiger charge is 2.20. The van der Waals surface area contributed by atoms with Crippen molar-refractivity contribution >= 4 is 17.5 Å². The van der Waals surface area contributed by atoms with Gasteiger partial charge in [0.05, 0.1) is 0 Å². The van der Waals surface area contributed by atoms with Gasteiger partial charge in [-0.3, -0.25) is 9.69 Å². The van der Waals surface area contributed by atoms with E-state index in [1.807, 2.05) is 4.90 Å². The van der Waals surface area contributed by atoms with Crippen LogP contribution in [0.4, 0.5) is 0 Å². The van der Waals surface area contributed by atoms with E-state index in [1.165, 1.54) is 11.1 Å². The highest BCUT2D eigenvalue weighted by molar-refractivity contribution is 6.27. The van der Waals surface area contributed by atoms with Crippen LogP contribution in [-0.4, -0.2) is 47.8 Å². The van der Waals surface area contributed by atoms with E-state index in [9.17, 15) is 4.79 Å². The maximum absolute atomic E-state index is 11.5. The van der Waals surface area contributed by atoms with Crippen LogP contribution in [0.5, 0.6) is 0 Å². The summed E-state index contributed by atoms with van der Waals surface area (Å²) >= 11 is 5.57. The molecule has 0 N–H and O–H groups in total. The van der Waals surface area contributed by atoms with Crippen LogP contribution in [0.1, 0.15) is 11.1 Å². The molecule has 0 aromatic heterocycles. The Morgan fingerprint density at radius 1 is 1.22 bits per heavy atom. The summed E-state index contributed by atoms with van der Waals surface area (Å²) in [6, 6.07) is 8.46. The van der Waals surface area contributed by atoms with Crippen LogP contribution in [0.15, 0.2) is 24.3 Å². The van der Waals surface area contributed by atoms with E-state index < -0.39 is 0 Å². The molecule has 98 valence electrons. The van der Waals surface area contributed by atoms with Crippen molar-refractivity contribution in [3.8, 4) is 0 Å². The molecule has 1 fully saturated rings. The number of carbonyl (C=O) groups excluding carboxylic acids is 1. The van der Waals surface area contributed by atoms with Crippen molar-refractivity contribution in [1.29, 1.82) is 0 Å². The van der Waals surface area contributed by atoms with Crippen LogP contribution in [0.2, 0.25) is 0 Å². The number of aryl methyl sites for hydroxylation is 1. The third-order valence-corrected chi connectivity index (χ3v) is 3.72. The zero-order chi connectivity index (χ0) is 13.0. The van der Waals surface area contributed by atoms with Crippen LogP contribution in [0.25, 0.3) is 0 Å². The minimum Gasteiger partial charge on any atom is -0.339 e. The molecule has 1 heterocycles. The smallest absolute Gasteiger partial charge is 0.237 e. The molecule has 0 bridgehead atoms. The largest absolute Gasteiger partial charge is 0.339 e. The van der Waals surface area contributed by atoms with Gasteiger partial charge in [0, 0.05) is 32.7 Å². The summed E-state index contributed by atoms with van der Waals surface area (Å²) < 4.78 is 0.